The molecule has 0 aliphatic rings. The standard InChI is InChI=1S/C6H9BO9.Na.H/c1-4(8)11-14-7(15-12-5(2)9)16-13-6(3)10;;/h1-3H3;;. The first-order valence-electron chi connectivity index (χ1n) is 3.93. The monoisotopic (exact) mass is 260 g/mol. The molecule has 0 aromatic heterocycles. The Balaban J connectivity index is 0. The summed E-state index contributed by atoms with van der Waals surface area (Å²) in [5.41, 5.74) is 0. The molecule has 0 unspecified atom stereocenters. The molecule has 0 radical (unpaired) electrons. The van der Waals surface area contributed by atoms with Crippen LogP contribution in [0, 0.1) is 0 Å². The Kier molecular flexibility index (Phi) is 11.6. The van der Waals surface area contributed by atoms with Crippen molar-refractivity contribution in [1.29, 1.82) is 0 Å². The molecular weight excluding hydrogens is 250 g/mol. The summed E-state index contributed by atoms with van der Waals surface area (Å²) in [5, 5.41) is 0. The van der Waals surface area contributed by atoms with Gasteiger partial charge in [-0.05, 0) is 0 Å². The van der Waals surface area contributed by atoms with Gasteiger partial charge in [0, 0.05) is 20.8 Å². The first-order valence-corrected chi connectivity index (χ1v) is 3.93. The van der Waals surface area contributed by atoms with E-state index in [2.05, 4.69) is 29.1 Å². The Labute approximate surface area is 119 Å². The predicted molar refractivity (Wildman–Crippen MR) is 51.5 cm³/mol. The van der Waals surface area contributed by atoms with Gasteiger partial charge in [0.05, 0.1) is 0 Å². The van der Waals surface area contributed by atoms with Crippen LogP contribution in [0.2, 0.25) is 0 Å². The van der Waals surface area contributed by atoms with E-state index in [9.17, 15) is 14.4 Å². The summed E-state index contributed by atoms with van der Waals surface area (Å²) in [6.07, 6.45) is 0. The van der Waals surface area contributed by atoms with Gasteiger partial charge >= 0.3 is 54.8 Å². The average molecular weight is 260 g/mol. The zero-order valence-electron chi connectivity index (χ0n) is 8.75. The molecule has 0 aromatic rings. The molecule has 11 heteroatoms. The van der Waals surface area contributed by atoms with E-state index in [1.54, 1.807) is 0 Å². The molecule has 0 fully saturated rings. The molecule has 0 bridgehead atoms. The van der Waals surface area contributed by atoms with Crippen LogP contribution in [0.5, 0.6) is 0 Å². The number of hydrogen-bond acceptors (Lipinski definition) is 9. The van der Waals surface area contributed by atoms with Crippen LogP contribution in [0.15, 0.2) is 0 Å². The molecule has 92 valence electrons. The van der Waals surface area contributed by atoms with Crippen molar-refractivity contribution in [2.45, 2.75) is 20.8 Å². The van der Waals surface area contributed by atoms with Crippen molar-refractivity contribution in [3.63, 3.8) is 0 Å². The number of rotatable bonds is 6. The van der Waals surface area contributed by atoms with Crippen molar-refractivity contribution in [3.8, 4) is 0 Å². The molecule has 9 nitrogen and oxygen atoms in total. The van der Waals surface area contributed by atoms with Gasteiger partial charge in [0.15, 0.2) is 0 Å². The van der Waals surface area contributed by atoms with Crippen molar-refractivity contribution in [3.05, 3.63) is 0 Å². The number of carbonyl (C=O) groups excluding carboxylic acids is 3. The topological polar surface area (TPSA) is 107 Å². The summed E-state index contributed by atoms with van der Waals surface area (Å²) in [6.45, 7) is 3.11. The first kappa shape index (κ1) is 18.7. The van der Waals surface area contributed by atoms with Crippen molar-refractivity contribution >= 4 is 54.8 Å². The van der Waals surface area contributed by atoms with Gasteiger partial charge in [-0.3, -0.25) is 0 Å². The zero-order valence-corrected chi connectivity index (χ0v) is 8.75. The number of carbonyl (C=O) groups is 3. The molecule has 0 saturated carbocycles. The normalized spacial score (nSPS) is 8.65. The second-order valence-electron chi connectivity index (χ2n) is 2.30. The van der Waals surface area contributed by atoms with Crippen LogP contribution in [0.3, 0.4) is 0 Å². The van der Waals surface area contributed by atoms with Crippen LogP contribution in [-0.4, -0.2) is 54.8 Å². The minimum absolute atomic E-state index is 0. The molecule has 0 atom stereocenters. The van der Waals surface area contributed by atoms with E-state index in [4.69, 9.17) is 0 Å². The summed E-state index contributed by atoms with van der Waals surface area (Å²) in [4.78, 5) is 55.5. The summed E-state index contributed by atoms with van der Waals surface area (Å²) < 4.78 is 0. The quantitative estimate of drug-likeness (QED) is 0.330. The van der Waals surface area contributed by atoms with Gasteiger partial charge in [-0.1, -0.05) is 0 Å². The molecule has 0 heterocycles. The van der Waals surface area contributed by atoms with Gasteiger partial charge in [-0.2, -0.15) is 14.4 Å². The molecule has 17 heavy (non-hydrogen) atoms. The maximum absolute atomic E-state index is 10.4. The molecule has 0 saturated heterocycles. The molecule has 0 rings (SSSR count). The first-order chi connectivity index (χ1) is 7.41. The van der Waals surface area contributed by atoms with E-state index in [0.717, 1.165) is 20.8 Å². The van der Waals surface area contributed by atoms with E-state index in [1.165, 1.54) is 0 Å². The van der Waals surface area contributed by atoms with Gasteiger partial charge in [-0.15, -0.1) is 0 Å². The van der Waals surface area contributed by atoms with E-state index >= 15 is 0 Å². The Hall–Kier alpha value is -0.645. The minimum atomic E-state index is -1.84. The molecule has 0 amide bonds. The Morgan fingerprint density at radius 1 is 0.706 bits per heavy atom. The summed E-state index contributed by atoms with van der Waals surface area (Å²) in [5.74, 6) is -2.45. The van der Waals surface area contributed by atoms with Gasteiger partial charge in [0.25, 0.3) is 0 Å². The summed E-state index contributed by atoms with van der Waals surface area (Å²) in [6, 6.07) is 0. The van der Waals surface area contributed by atoms with E-state index < -0.39 is 25.2 Å². The molecule has 0 spiro atoms. The molecule has 0 aliphatic carbocycles. The second-order valence-corrected chi connectivity index (χ2v) is 2.30. The van der Waals surface area contributed by atoms with Crippen LogP contribution < -0.4 is 0 Å². The van der Waals surface area contributed by atoms with Crippen LogP contribution in [0.4, 0.5) is 0 Å². The number of hydrogen-bond donors (Lipinski definition) is 0. The summed E-state index contributed by atoms with van der Waals surface area (Å²) in [7, 11) is -1.84. The second kappa shape index (κ2) is 10.5. The van der Waals surface area contributed by atoms with Crippen molar-refractivity contribution in [2.24, 2.45) is 0 Å². The Morgan fingerprint density at radius 2 is 0.941 bits per heavy atom. The fraction of sp³-hybridized carbons (Fsp3) is 0.500. The van der Waals surface area contributed by atoms with Crippen LogP contribution in [0.1, 0.15) is 20.8 Å². The SMILES string of the molecule is CC(=O)OOB(OOC(C)=O)OOC(C)=O.[NaH]. The zero-order chi connectivity index (χ0) is 12.6. The van der Waals surface area contributed by atoms with Crippen molar-refractivity contribution in [2.75, 3.05) is 0 Å². The summed E-state index contributed by atoms with van der Waals surface area (Å²) >= 11 is 0. The van der Waals surface area contributed by atoms with Crippen LogP contribution in [0.25, 0.3) is 0 Å². The van der Waals surface area contributed by atoms with Gasteiger partial charge in [0.2, 0.25) is 0 Å². The van der Waals surface area contributed by atoms with Crippen molar-refractivity contribution in [1.82, 2.24) is 0 Å². The predicted octanol–water partition coefficient (Wildman–Crippen LogP) is -1.19. The van der Waals surface area contributed by atoms with Crippen LogP contribution >= 0.6 is 0 Å². The fourth-order valence-corrected chi connectivity index (χ4v) is 0.369. The van der Waals surface area contributed by atoms with Gasteiger partial charge < -0.3 is 14.7 Å². The fourth-order valence-electron chi connectivity index (χ4n) is 0.369. The third-order valence-corrected chi connectivity index (χ3v) is 0.732. The third kappa shape index (κ3) is 13.3. The van der Waals surface area contributed by atoms with E-state index in [-0.39, 0.29) is 29.6 Å². The average Bonchev–Trinajstić information content (AvgIpc) is 2.15. The van der Waals surface area contributed by atoms with Gasteiger partial charge in [0.1, 0.15) is 0 Å². The van der Waals surface area contributed by atoms with E-state index in [1.807, 2.05) is 0 Å². The van der Waals surface area contributed by atoms with Crippen LogP contribution in [-0.2, 0) is 43.5 Å². The molecule has 0 N–H and O–H groups in total. The molecule has 0 aliphatic heterocycles. The Morgan fingerprint density at radius 3 is 1.12 bits per heavy atom. The van der Waals surface area contributed by atoms with E-state index in [0.29, 0.717) is 0 Å². The molecular formula is C6H10BNaO9. The molecule has 0 aromatic carbocycles. The van der Waals surface area contributed by atoms with Crippen molar-refractivity contribution < 1.29 is 43.5 Å². The Bertz CT molecular complexity index is 227. The van der Waals surface area contributed by atoms with Gasteiger partial charge in [-0.25, -0.2) is 14.4 Å². The maximum atomic E-state index is 10.4. The third-order valence-electron chi connectivity index (χ3n) is 0.732.